The lowest BCUT2D eigenvalue weighted by Crippen LogP contribution is -2.53. The molecule has 0 heterocycles. The molecule has 0 saturated heterocycles. The number of carbonyl (C=O) groups is 2. The van der Waals surface area contributed by atoms with Crippen LogP contribution < -0.4 is 14.4 Å². The zero-order valence-electron chi connectivity index (χ0n) is 27.4. The normalized spacial score (nSPS) is 11.9. The molecule has 1 N–H and O–H groups in total. The fourth-order valence-electron chi connectivity index (χ4n) is 5.14. The number of anilines is 1. The van der Waals surface area contributed by atoms with Gasteiger partial charge in [-0.3, -0.25) is 13.9 Å². The molecule has 2 amide bonds. The van der Waals surface area contributed by atoms with Crippen molar-refractivity contribution in [2.75, 3.05) is 24.0 Å². The van der Waals surface area contributed by atoms with E-state index in [1.807, 2.05) is 51.1 Å². The monoisotopic (exact) mass is 709 g/mol. The number of nitrogens with one attached hydrogen (secondary N) is 1. The number of nitrogens with zero attached hydrogens (tertiary/aromatic N) is 2. The zero-order valence-corrected chi connectivity index (χ0v) is 29.7. The number of unbranched alkanes of at least 4 members (excludes halogenated alkanes) is 1. The smallest absolute Gasteiger partial charge is 0.264 e. The van der Waals surface area contributed by atoms with E-state index in [2.05, 4.69) is 5.32 Å². The Labute approximate surface area is 293 Å². The molecular formula is C37H41Cl2N3O5S. The van der Waals surface area contributed by atoms with Crippen LogP contribution in [0.3, 0.4) is 0 Å². The average molecular weight is 711 g/mol. The summed E-state index contributed by atoms with van der Waals surface area (Å²) in [6.07, 6.45) is 1.84. The van der Waals surface area contributed by atoms with Gasteiger partial charge in [-0.2, -0.15) is 0 Å². The molecule has 0 radical (unpaired) electrons. The summed E-state index contributed by atoms with van der Waals surface area (Å²) >= 11 is 12.8. The van der Waals surface area contributed by atoms with Crippen LogP contribution >= 0.6 is 23.2 Å². The van der Waals surface area contributed by atoms with Crippen LogP contribution in [0.1, 0.15) is 43.4 Å². The van der Waals surface area contributed by atoms with Crippen LogP contribution in [0.5, 0.6) is 5.75 Å². The molecule has 8 nitrogen and oxygen atoms in total. The van der Waals surface area contributed by atoms with Gasteiger partial charge in [0.25, 0.3) is 10.0 Å². The molecule has 254 valence electrons. The Morgan fingerprint density at radius 2 is 1.58 bits per heavy atom. The highest BCUT2D eigenvalue weighted by atomic mass is 35.5. The fraction of sp³-hybridized carbons (Fsp3) is 0.297. The number of amides is 2. The lowest BCUT2D eigenvalue weighted by Gasteiger charge is -2.34. The van der Waals surface area contributed by atoms with E-state index in [9.17, 15) is 18.0 Å². The van der Waals surface area contributed by atoms with Gasteiger partial charge in [0.15, 0.2) is 0 Å². The summed E-state index contributed by atoms with van der Waals surface area (Å²) in [5, 5.41) is 3.73. The molecule has 11 heteroatoms. The van der Waals surface area contributed by atoms with Crippen molar-refractivity contribution in [2.45, 2.75) is 57.5 Å². The number of carbonyl (C=O) groups excluding carboxylic acids is 2. The van der Waals surface area contributed by atoms with Gasteiger partial charge < -0.3 is 15.0 Å². The molecule has 0 aliphatic carbocycles. The molecule has 0 aliphatic rings. The number of hydrogen-bond acceptors (Lipinski definition) is 5. The summed E-state index contributed by atoms with van der Waals surface area (Å²) < 4.78 is 35.1. The standard InChI is InChI=1S/C37H41Cl2N3O5S/c1-4-6-22-40-37(44)35(23-28-10-8-7-9-11-28)41(25-29-14-15-30(38)24-34(29)39)36(43)26-42(31-16-12-27(3)13-17-31)48(45,46)33-20-18-32(19-21-33)47-5-2/h7-21,24,35H,4-6,22-23,25-26H2,1-3H3,(H,40,44). The van der Waals surface area contributed by atoms with Gasteiger partial charge >= 0.3 is 0 Å². The molecule has 0 fully saturated rings. The first-order valence-electron chi connectivity index (χ1n) is 15.9. The Kier molecular flexibility index (Phi) is 13.3. The molecule has 4 rings (SSSR count). The van der Waals surface area contributed by atoms with Crippen LogP contribution in [0.25, 0.3) is 0 Å². The Balaban J connectivity index is 1.80. The van der Waals surface area contributed by atoms with E-state index >= 15 is 0 Å². The second kappa shape index (κ2) is 17.4. The lowest BCUT2D eigenvalue weighted by atomic mass is 10.0. The summed E-state index contributed by atoms with van der Waals surface area (Å²) in [7, 11) is -4.25. The maximum Gasteiger partial charge on any atom is 0.264 e. The van der Waals surface area contributed by atoms with Gasteiger partial charge in [-0.15, -0.1) is 0 Å². The molecule has 0 bridgehead atoms. The van der Waals surface area contributed by atoms with Crippen LogP contribution in [-0.2, 0) is 32.6 Å². The second-order valence-corrected chi connectivity index (χ2v) is 14.1. The average Bonchev–Trinajstić information content (AvgIpc) is 3.07. The van der Waals surface area contributed by atoms with Gasteiger partial charge in [-0.05, 0) is 79.9 Å². The molecule has 48 heavy (non-hydrogen) atoms. The number of hydrogen-bond donors (Lipinski definition) is 1. The van der Waals surface area contributed by atoms with Crippen molar-refractivity contribution in [1.82, 2.24) is 10.2 Å². The first-order chi connectivity index (χ1) is 23.0. The Hall–Kier alpha value is -4.05. The highest BCUT2D eigenvalue weighted by molar-refractivity contribution is 7.92. The number of sulfonamides is 1. The molecule has 0 aromatic heterocycles. The third kappa shape index (κ3) is 9.75. The Bertz CT molecular complexity index is 1770. The highest BCUT2D eigenvalue weighted by Crippen LogP contribution is 2.28. The minimum atomic E-state index is -4.25. The van der Waals surface area contributed by atoms with Crippen molar-refractivity contribution in [1.29, 1.82) is 0 Å². The van der Waals surface area contributed by atoms with Gasteiger partial charge in [-0.1, -0.05) is 90.6 Å². The Morgan fingerprint density at radius 3 is 2.21 bits per heavy atom. The van der Waals surface area contributed by atoms with Gasteiger partial charge in [-0.25, -0.2) is 8.42 Å². The third-order valence-corrected chi connectivity index (χ3v) is 10.2. The first-order valence-corrected chi connectivity index (χ1v) is 18.1. The van der Waals surface area contributed by atoms with Crippen molar-refractivity contribution < 1.29 is 22.7 Å². The molecule has 0 aliphatic heterocycles. The van der Waals surface area contributed by atoms with Gasteiger partial charge in [0.1, 0.15) is 18.3 Å². The van der Waals surface area contributed by atoms with Crippen LogP contribution in [0.4, 0.5) is 5.69 Å². The number of halogens is 2. The summed E-state index contributed by atoms with van der Waals surface area (Å²) in [6.45, 7) is 5.99. The van der Waals surface area contributed by atoms with E-state index in [-0.39, 0.29) is 23.8 Å². The van der Waals surface area contributed by atoms with E-state index in [4.69, 9.17) is 27.9 Å². The zero-order chi connectivity index (χ0) is 34.7. The van der Waals surface area contributed by atoms with Crippen molar-refractivity contribution in [3.8, 4) is 5.75 Å². The van der Waals surface area contributed by atoms with Gasteiger partial charge in [0, 0.05) is 29.6 Å². The van der Waals surface area contributed by atoms with Crippen LogP contribution in [0.2, 0.25) is 10.0 Å². The van der Waals surface area contributed by atoms with Crippen molar-refractivity contribution >= 4 is 50.7 Å². The molecule has 4 aromatic carbocycles. The molecular weight excluding hydrogens is 669 g/mol. The minimum Gasteiger partial charge on any atom is -0.494 e. The maximum atomic E-state index is 14.6. The number of benzene rings is 4. The highest BCUT2D eigenvalue weighted by Gasteiger charge is 2.35. The van der Waals surface area contributed by atoms with Crippen LogP contribution in [-0.4, -0.2) is 50.9 Å². The number of ether oxygens (including phenoxy) is 1. The number of rotatable bonds is 16. The number of aryl methyl sites for hydroxylation is 1. The molecule has 4 aromatic rings. The summed E-state index contributed by atoms with van der Waals surface area (Å²) in [5.41, 5.74) is 2.63. The van der Waals surface area contributed by atoms with E-state index in [0.717, 1.165) is 28.3 Å². The quantitative estimate of drug-likeness (QED) is 0.122. The van der Waals surface area contributed by atoms with E-state index in [0.29, 0.717) is 40.2 Å². The minimum absolute atomic E-state index is 0.00947. The third-order valence-electron chi connectivity index (χ3n) is 7.78. The predicted octanol–water partition coefficient (Wildman–Crippen LogP) is 7.45. The second-order valence-electron chi connectivity index (χ2n) is 11.4. The lowest BCUT2D eigenvalue weighted by molar-refractivity contribution is -0.140. The van der Waals surface area contributed by atoms with Crippen molar-refractivity contribution in [3.63, 3.8) is 0 Å². The summed E-state index contributed by atoms with van der Waals surface area (Å²) in [5.74, 6) is -0.400. The van der Waals surface area contributed by atoms with E-state index in [1.54, 1.807) is 54.6 Å². The Morgan fingerprint density at radius 1 is 0.896 bits per heavy atom. The van der Waals surface area contributed by atoms with Gasteiger partial charge in [0.2, 0.25) is 11.8 Å². The molecule has 0 saturated carbocycles. The van der Waals surface area contributed by atoms with Crippen molar-refractivity contribution in [2.24, 2.45) is 0 Å². The van der Waals surface area contributed by atoms with Crippen LogP contribution in [0.15, 0.2) is 102 Å². The SMILES string of the molecule is CCCCNC(=O)C(Cc1ccccc1)N(Cc1ccc(Cl)cc1Cl)C(=O)CN(c1ccc(C)cc1)S(=O)(=O)c1ccc(OCC)cc1. The van der Waals surface area contributed by atoms with Crippen molar-refractivity contribution in [3.05, 3.63) is 124 Å². The largest absolute Gasteiger partial charge is 0.494 e. The summed E-state index contributed by atoms with van der Waals surface area (Å²) in [6, 6.07) is 26.3. The maximum absolute atomic E-state index is 14.6. The van der Waals surface area contributed by atoms with Gasteiger partial charge in [0.05, 0.1) is 17.2 Å². The van der Waals surface area contributed by atoms with Crippen LogP contribution in [0, 0.1) is 6.92 Å². The van der Waals surface area contributed by atoms with E-state index < -0.39 is 28.5 Å². The van der Waals surface area contributed by atoms with E-state index in [1.165, 1.54) is 17.0 Å². The topological polar surface area (TPSA) is 96.0 Å². The predicted molar refractivity (Wildman–Crippen MR) is 192 cm³/mol. The first kappa shape index (κ1) is 36.8. The summed E-state index contributed by atoms with van der Waals surface area (Å²) in [4.78, 5) is 29.9. The molecule has 1 atom stereocenters. The molecule has 0 spiro atoms. The molecule has 1 unspecified atom stereocenters. The fourth-order valence-corrected chi connectivity index (χ4v) is 7.02.